The van der Waals surface area contributed by atoms with Gasteiger partial charge in [0, 0.05) is 23.6 Å². The third kappa shape index (κ3) is 2.32. The van der Waals surface area contributed by atoms with Crippen molar-refractivity contribution in [2.24, 2.45) is 5.92 Å². The molecule has 0 radical (unpaired) electrons. The summed E-state index contributed by atoms with van der Waals surface area (Å²) in [6, 6.07) is 4.40. The summed E-state index contributed by atoms with van der Waals surface area (Å²) in [6.45, 7) is 0.525. The van der Waals surface area contributed by atoms with Gasteiger partial charge in [-0.15, -0.1) is 0 Å². The summed E-state index contributed by atoms with van der Waals surface area (Å²) in [4.78, 5) is 36.3. The van der Waals surface area contributed by atoms with E-state index in [0.29, 0.717) is 30.6 Å². The van der Waals surface area contributed by atoms with Crippen LogP contribution in [0.5, 0.6) is 0 Å². The minimum absolute atomic E-state index is 0.218. The van der Waals surface area contributed by atoms with Crippen molar-refractivity contribution in [2.75, 3.05) is 18.6 Å². The third-order valence-electron chi connectivity index (χ3n) is 4.27. The number of hydrogen-bond donors (Lipinski definition) is 0. The number of fused-ring (bicyclic) bond motifs is 1. The molecule has 2 aliphatic rings. The Morgan fingerprint density at radius 3 is 2.82 bits per heavy atom. The molecule has 1 aliphatic carbocycles. The van der Waals surface area contributed by atoms with Gasteiger partial charge < -0.3 is 9.64 Å². The Kier molecular flexibility index (Phi) is 3.56. The standard InChI is InChI=1S/C15H16N2O5/c1-22-15(19)10-4-2-6-12-9(10)5-3-7-16(12)14(18)11-8-13(11)17(20)21/h2,4,6,11,13H,3,5,7-8H2,1H3/t11-,13-/m1/s1. The van der Waals surface area contributed by atoms with Crippen LogP contribution in [0.2, 0.25) is 0 Å². The maximum Gasteiger partial charge on any atom is 0.338 e. The zero-order valence-corrected chi connectivity index (χ0v) is 12.2. The Labute approximate surface area is 127 Å². The molecule has 1 aromatic carbocycles. The molecule has 0 unspecified atom stereocenters. The number of carbonyl (C=O) groups is 2. The van der Waals surface area contributed by atoms with E-state index in [1.54, 1.807) is 23.1 Å². The van der Waals surface area contributed by atoms with Gasteiger partial charge in [-0.3, -0.25) is 14.9 Å². The predicted octanol–water partition coefficient (Wildman–Crippen LogP) is 1.42. The minimum atomic E-state index is -0.762. The van der Waals surface area contributed by atoms with E-state index in [9.17, 15) is 19.7 Å². The highest BCUT2D eigenvalue weighted by molar-refractivity contribution is 6.00. The van der Waals surface area contributed by atoms with Crippen LogP contribution in [-0.2, 0) is 16.0 Å². The van der Waals surface area contributed by atoms with E-state index < -0.39 is 22.9 Å². The number of amides is 1. The highest BCUT2D eigenvalue weighted by atomic mass is 16.6. The van der Waals surface area contributed by atoms with Crippen LogP contribution in [0.1, 0.15) is 28.8 Å². The first-order valence-electron chi connectivity index (χ1n) is 7.19. The van der Waals surface area contributed by atoms with Crippen LogP contribution in [-0.4, -0.2) is 36.5 Å². The van der Waals surface area contributed by atoms with E-state index in [1.165, 1.54) is 7.11 Å². The molecule has 0 saturated heterocycles. The molecule has 7 nitrogen and oxygen atoms in total. The molecule has 0 N–H and O–H groups in total. The topological polar surface area (TPSA) is 89.8 Å². The Morgan fingerprint density at radius 2 is 2.18 bits per heavy atom. The summed E-state index contributed by atoms with van der Waals surface area (Å²) in [5.41, 5.74) is 1.92. The molecule has 0 spiro atoms. The molecule has 3 rings (SSSR count). The molecule has 116 valence electrons. The van der Waals surface area contributed by atoms with Gasteiger partial charge in [0.05, 0.1) is 12.7 Å². The van der Waals surface area contributed by atoms with Crippen LogP contribution in [0.3, 0.4) is 0 Å². The van der Waals surface area contributed by atoms with Crippen molar-refractivity contribution in [2.45, 2.75) is 25.3 Å². The fraction of sp³-hybridized carbons (Fsp3) is 0.467. The first-order chi connectivity index (χ1) is 10.5. The van der Waals surface area contributed by atoms with Gasteiger partial charge in [-0.25, -0.2) is 4.79 Å². The Hall–Kier alpha value is -2.44. The Balaban J connectivity index is 1.91. The monoisotopic (exact) mass is 304 g/mol. The fourth-order valence-electron chi connectivity index (χ4n) is 3.03. The van der Waals surface area contributed by atoms with Gasteiger partial charge in [0.25, 0.3) is 0 Å². The van der Waals surface area contributed by atoms with Gasteiger partial charge in [0.15, 0.2) is 0 Å². The van der Waals surface area contributed by atoms with Crippen molar-refractivity contribution >= 4 is 17.6 Å². The van der Waals surface area contributed by atoms with Gasteiger partial charge in [0.2, 0.25) is 11.9 Å². The van der Waals surface area contributed by atoms with E-state index in [1.807, 2.05) is 0 Å². The van der Waals surface area contributed by atoms with E-state index in [0.717, 1.165) is 12.0 Å². The van der Waals surface area contributed by atoms with Crippen molar-refractivity contribution < 1.29 is 19.2 Å². The molecule has 1 fully saturated rings. The fourth-order valence-corrected chi connectivity index (χ4v) is 3.03. The quantitative estimate of drug-likeness (QED) is 0.478. The summed E-state index contributed by atoms with van der Waals surface area (Å²) in [7, 11) is 1.32. The lowest BCUT2D eigenvalue weighted by atomic mass is 9.96. The van der Waals surface area contributed by atoms with Crippen LogP contribution in [0.15, 0.2) is 18.2 Å². The number of rotatable bonds is 3. The molecule has 1 saturated carbocycles. The van der Waals surface area contributed by atoms with Crippen LogP contribution >= 0.6 is 0 Å². The average molecular weight is 304 g/mol. The molecule has 1 heterocycles. The van der Waals surface area contributed by atoms with Crippen molar-refractivity contribution in [1.82, 2.24) is 0 Å². The van der Waals surface area contributed by atoms with E-state index in [4.69, 9.17) is 4.74 Å². The second-order valence-electron chi connectivity index (χ2n) is 5.58. The summed E-state index contributed by atoms with van der Waals surface area (Å²) in [6.07, 6.45) is 1.71. The number of anilines is 1. The molecular formula is C15H16N2O5. The Morgan fingerprint density at radius 1 is 1.41 bits per heavy atom. The number of carbonyl (C=O) groups excluding carboxylic acids is 2. The lowest BCUT2D eigenvalue weighted by Gasteiger charge is -2.30. The van der Waals surface area contributed by atoms with Gasteiger partial charge in [0.1, 0.15) is 5.92 Å². The predicted molar refractivity (Wildman–Crippen MR) is 77.3 cm³/mol. The van der Waals surface area contributed by atoms with Crippen molar-refractivity contribution in [1.29, 1.82) is 0 Å². The number of hydrogen-bond acceptors (Lipinski definition) is 5. The first-order valence-corrected chi connectivity index (χ1v) is 7.19. The molecule has 1 aromatic rings. The van der Waals surface area contributed by atoms with Crippen molar-refractivity contribution in [3.63, 3.8) is 0 Å². The van der Waals surface area contributed by atoms with E-state index in [2.05, 4.69) is 0 Å². The number of ether oxygens (including phenoxy) is 1. The van der Waals surface area contributed by atoms with Crippen LogP contribution in [0, 0.1) is 16.0 Å². The van der Waals surface area contributed by atoms with Crippen LogP contribution in [0.4, 0.5) is 5.69 Å². The largest absolute Gasteiger partial charge is 0.465 e. The molecule has 7 heteroatoms. The zero-order valence-electron chi connectivity index (χ0n) is 12.2. The van der Waals surface area contributed by atoms with E-state index in [-0.39, 0.29) is 5.91 Å². The number of nitro groups is 1. The summed E-state index contributed by atoms with van der Waals surface area (Å²) in [5, 5.41) is 10.8. The van der Waals surface area contributed by atoms with Gasteiger partial charge in [-0.2, -0.15) is 0 Å². The van der Waals surface area contributed by atoms with Crippen LogP contribution in [0.25, 0.3) is 0 Å². The molecule has 1 amide bonds. The molecule has 0 aromatic heterocycles. The smallest absolute Gasteiger partial charge is 0.338 e. The molecule has 0 bridgehead atoms. The Bertz CT molecular complexity index is 657. The van der Waals surface area contributed by atoms with Gasteiger partial charge in [-0.05, 0) is 30.5 Å². The number of methoxy groups -OCH3 is 1. The van der Waals surface area contributed by atoms with Gasteiger partial charge >= 0.3 is 5.97 Å². The highest BCUT2D eigenvalue weighted by Gasteiger charge is 2.55. The maximum absolute atomic E-state index is 12.5. The molecular weight excluding hydrogens is 288 g/mol. The SMILES string of the molecule is COC(=O)c1cccc2c1CCCN2C(=O)[C@@H]1C[C@H]1[N+](=O)[O-]. The molecule has 22 heavy (non-hydrogen) atoms. The van der Waals surface area contributed by atoms with E-state index >= 15 is 0 Å². The normalized spacial score (nSPS) is 22.7. The number of esters is 1. The maximum atomic E-state index is 12.5. The van der Waals surface area contributed by atoms with Crippen LogP contribution < -0.4 is 4.90 Å². The number of nitrogens with zero attached hydrogens (tertiary/aromatic N) is 2. The first kappa shape index (κ1) is 14.5. The van der Waals surface area contributed by atoms with Crippen molar-refractivity contribution in [3.8, 4) is 0 Å². The summed E-state index contributed by atoms with van der Waals surface area (Å²) < 4.78 is 4.77. The molecule has 2 atom stereocenters. The number of benzene rings is 1. The van der Waals surface area contributed by atoms with Gasteiger partial charge in [-0.1, -0.05) is 6.07 Å². The zero-order chi connectivity index (χ0) is 15.9. The lowest BCUT2D eigenvalue weighted by molar-refractivity contribution is -0.497. The lowest BCUT2D eigenvalue weighted by Crippen LogP contribution is -2.38. The minimum Gasteiger partial charge on any atom is -0.465 e. The third-order valence-corrected chi connectivity index (χ3v) is 4.27. The average Bonchev–Trinajstić information content (AvgIpc) is 3.33. The summed E-state index contributed by atoms with van der Waals surface area (Å²) in [5.74, 6) is -1.19. The second kappa shape index (κ2) is 5.40. The van der Waals surface area contributed by atoms with Crippen molar-refractivity contribution in [3.05, 3.63) is 39.4 Å². The molecule has 1 aliphatic heterocycles. The summed E-state index contributed by atoms with van der Waals surface area (Å²) >= 11 is 0. The second-order valence-corrected chi connectivity index (χ2v) is 5.58. The highest BCUT2D eigenvalue weighted by Crippen LogP contribution is 2.38.